The molecule has 0 bridgehead atoms. The number of ether oxygens (including phenoxy) is 1. The Morgan fingerprint density at radius 1 is 1.00 bits per heavy atom. The van der Waals surface area contributed by atoms with E-state index in [2.05, 4.69) is 4.90 Å². The first kappa shape index (κ1) is 19.9. The quantitative estimate of drug-likeness (QED) is 0.717. The van der Waals surface area contributed by atoms with Crippen LogP contribution in [0.15, 0.2) is 36.4 Å². The highest BCUT2D eigenvalue weighted by Crippen LogP contribution is 2.54. The molecule has 1 saturated heterocycles. The van der Waals surface area contributed by atoms with Crippen LogP contribution in [0, 0.1) is 5.92 Å². The van der Waals surface area contributed by atoms with E-state index in [1.165, 1.54) is 57.3 Å². The zero-order valence-corrected chi connectivity index (χ0v) is 18.3. The second kappa shape index (κ2) is 7.41. The van der Waals surface area contributed by atoms with Crippen molar-refractivity contribution in [2.45, 2.75) is 50.0 Å². The molecule has 2 N–H and O–H groups in total. The molecule has 0 radical (unpaired) electrons. The van der Waals surface area contributed by atoms with Gasteiger partial charge >= 0.3 is 0 Å². The van der Waals surface area contributed by atoms with Gasteiger partial charge in [-0.1, -0.05) is 24.6 Å². The summed E-state index contributed by atoms with van der Waals surface area (Å²) in [5, 5.41) is 20.0. The van der Waals surface area contributed by atoms with Gasteiger partial charge in [-0.05, 0) is 68.8 Å². The molecule has 32 heavy (non-hydrogen) atoms. The van der Waals surface area contributed by atoms with Gasteiger partial charge in [0.2, 0.25) is 5.91 Å². The lowest BCUT2D eigenvalue weighted by Crippen LogP contribution is -2.45. The van der Waals surface area contributed by atoms with Crippen molar-refractivity contribution in [2.75, 3.05) is 31.1 Å². The predicted octanol–water partition coefficient (Wildman–Crippen LogP) is 3.78. The first-order valence-corrected chi connectivity index (χ1v) is 11.9. The molecule has 1 atom stereocenters. The molecule has 0 aromatic heterocycles. The van der Waals surface area contributed by atoms with Crippen LogP contribution in [0.1, 0.15) is 49.7 Å². The molecule has 3 aliphatic heterocycles. The molecule has 1 spiro atoms. The smallest absolute Gasteiger partial charge is 0.245 e. The van der Waals surface area contributed by atoms with Crippen molar-refractivity contribution in [2.24, 2.45) is 5.92 Å². The number of anilines is 1. The van der Waals surface area contributed by atoms with Gasteiger partial charge < -0.3 is 24.7 Å². The van der Waals surface area contributed by atoms with Crippen molar-refractivity contribution in [1.82, 2.24) is 4.90 Å². The summed E-state index contributed by atoms with van der Waals surface area (Å²) in [6.07, 6.45) is 7.54. The van der Waals surface area contributed by atoms with Crippen molar-refractivity contribution in [3.05, 3.63) is 47.5 Å². The third kappa shape index (κ3) is 2.85. The highest BCUT2D eigenvalue weighted by molar-refractivity contribution is 6.11. The van der Waals surface area contributed by atoms with Gasteiger partial charge in [0, 0.05) is 29.9 Å². The minimum absolute atomic E-state index is 0.00874. The number of likely N-dealkylation sites (tertiary alicyclic amines) is 1. The lowest BCUT2D eigenvalue weighted by Gasteiger charge is -2.42. The fraction of sp³-hybridized carbons (Fsp3) is 0.500. The number of carbonyl (C=O) groups is 1. The maximum atomic E-state index is 13.9. The summed E-state index contributed by atoms with van der Waals surface area (Å²) in [7, 11) is 0. The Morgan fingerprint density at radius 3 is 2.50 bits per heavy atom. The minimum atomic E-state index is -0.954. The molecule has 2 aromatic rings. The molecular formula is C26H30N2O4. The molecule has 1 unspecified atom stereocenters. The lowest BCUT2D eigenvalue weighted by atomic mass is 9.77. The van der Waals surface area contributed by atoms with Crippen molar-refractivity contribution in [3.8, 4) is 17.2 Å². The van der Waals surface area contributed by atoms with Crippen LogP contribution in [0.5, 0.6) is 17.2 Å². The van der Waals surface area contributed by atoms with Crippen LogP contribution in [0.2, 0.25) is 0 Å². The number of aromatic hydroxyl groups is 2. The van der Waals surface area contributed by atoms with E-state index in [4.69, 9.17) is 4.74 Å². The van der Waals surface area contributed by atoms with Gasteiger partial charge in [-0.2, -0.15) is 0 Å². The number of rotatable bonds is 4. The highest BCUT2D eigenvalue weighted by atomic mass is 16.5. The van der Waals surface area contributed by atoms with Gasteiger partial charge in [0.25, 0.3) is 0 Å². The Labute approximate surface area is 188 Å². The lowest BCUT2D eigenvalue weighted by molar-refractivity contribution is -0.122. The Balaban J connectivity index is 1.24. The maximum absolute atomic E-state index is 13.9. The first-order chi connectivity index (χ1) is 15.6. The fourth-order valence-electron chi connectivity index (χ4n) is 6.09. The van der Waals surface area contributed by atoms with E-state index in [1.807, 2.05) is 29.2 Å². The van der Waals surface area contributed by atoms with Crippen molar-refractivity contribution in [1.29, 1.82) is 0 Å². The number of fused-ring (bicyclic) bond motifs is 4. The summed E-state index contributed by atoms with van der Waals surface area (Å²) in [5.41, 5.74) is 1.55. The zero-order chi connectivity index (χ0) is 21.9. The van der Waals surface area contributed by atoms with Crippen molar-refractivity contribution < 1.29 is 19.7 Å². The van der Waals surface area contributed by atoms with E-state index in [1.54, 1.807) is 0 Å². The van der Waals surface area contributed by atoms with Crippen LogP contribution >= 0.6 is 0 Å². The van der Waals surface area contributed by atoms with E-state index in [9.17, 15) is 15.0 Å². The van der Waals surface area contributed by atoms with Crippen LogP contribution in [0.4, 0.5) is 5.69 Å². The van der Waals surface area contributed by atoms with Gasteiger partial charge in [0.15, 0.2) is 11.5 Å². The number of hydrogen-bond acceptors (Lipinski definition) is 5. The standard InChI is InChI=1S/C26H30N2O4/c29-22-14-20-24(15-23(22)30)32-16-26(20)19-6-1-2-7-21(19)28(25(26)31)13-10-17-8-11-27(12-9-17)18-4-3-5-18/h1-2,6-7,14-15,17-18,29-30H,3-5,8-13,16H2. The number of amides is 1. The Morgan fingerprint density at radius 2 is 1.75 bits per heavy atom. The summed E-state index contributed by atoms with van der Waals surface area (Å²) in [4.78, 5) is 18.5. The van der Waals surface area contributed by atoms with E-state index < -0.39 is 5.41 Å². The normalized spacial score (nSPS) is 25.6. The number of para-hydroxylation sites is 1. The van der Waals surface area contributed by atoms with Crippen LogP contribution in [-0.4, -0.2) is 53.3 Å². The molecule has 4 aliphatic rings. The third-order valence-electron chi connectivity index (χ3n) is 8.25. The molecule has 1 saturated carbocycles. The summed E-state index contributed by atoms with van der Waals surface area (Å²) in [5.74, 6) is 0.666. The second-order valence-corrected chi connectivity index (χ2v) is 9.86. The van der Waals surface area contributed by atoms with E-state index >= 15 is 0 Å². The number of hydrogen-bond donors (Lipinski definition) is 2. The average Bonchev–Trinajstić information content (AvgIpc) is 3.24. The van der Waals surface area contributed by atoms with Crippen LogP contribution in [-0.2, 0) is 10.2 Å². The molecule has 6 heteroatoms. The molecule has 6 nitrogen and oxygen atoms in total. The Kier molecular flexibility index (Phi) is 4.61. The van der Waals surface area contributed by atoms with Gasteiger partial charge in [-0.15, -0.1) is 0 Å². The Bertz CT molecular complexity index is 1060. The molecule has 3 heterocycles. The average molecular weight is 435 g/mol. The van der Waals surface area contributed by atoms with Gasteiger partial charge in [0.1, 0.15) is 17.8 Å². The minimum Gasteiger partial charge on any atom is -0.504 e. The highest BCUT2D eigenvalue weighted by Gasteiger charge is 2.57. The SMILES string of the molecule is O=C1N(CCC2CCN(C3CCC3)CC2)c2ccccc2C12COc1cc(O)c(O)cc12. The number of carbonyl (C=O) groups excluding carboxylic acids is 1. The molecule has 2 fully saturated rings. The topological polar surface area (TPSA) is 73.2 Å². The third-order valence-corrected chi connectivity index (χ3v) is 8.25. The molecule has 6 rings (SSSR count). The number of phenolic OH excluding ortho intramolecular Hbond substituents is 2. The van der Waals surface area contributed by atoms with Gasteiger partial charge in [0.05, 0.1) is 0 Å². The van der Waals surface area contributed by atoms with Gasteiger partial charge in [-0.3, -0.25) is 4.79 Å². The van der Waals surface area contributed by atoms with Crippen molar-refractivity contribution in [3.63, 3.8) is 0 Å². The molecule has 2 aromatic carbocycles. The number of piperidine rings is 1. The van der Waals surface area contributed by atoms with Crippen molar-refractivity contribution >= 4 is 11.6 Å². The summed E-state index contributed by atoms with van der Waals surface area (Å²) < 4.78 is 5.87. The van der Waals surface area contributed by atoms with E-state index in [0.29, 0.717) is 23.8 Å². The van der Waals surface area contributed by atoms with Crippen LogP contribution in [0.3, 0.4) is 0 Å². The molecular weight excluding hydrogens is 404 g/mol. The molecule has 1 amide bonds. The zero-order valence-electron chi connectivity index (χ0n) is 18.3. The number of phenols is 2. The van der Waals surface area contributed by atoms with E-state index in [-0.39, 0.29) is 24.0 Å². The molecule has 1 aliphatic carbocycles. The predicted molar refractivity (Wildman–Crippen MR) is 121 cm³/mol. The second-order valence-electron chi connectivity index (χ2n) is 9.86. The summed E-state index contributed by atoms with van der Waals surface area (Å²) >= 11 is 0. The Hall–Kier alpha value is -2.73. The fourth-order valence-corrected chi connectivity index (χ4v) is 6.09. The van der Waals surface area contributed by atoms with Crippen LogP contribution in [0.25, 0.3) is 0 Å². The van der Waals surface area contributed by atoms with Crippen LogP contribution < -0.4 is 9.64 Å². The molecule has 168 valence electrons. The van der Waals surface area contributed by atoms with E-state index in [0.717, 1.165) is 23.7 Å². The number of benzene rings is 2. The monoisotopic (exact) mass is 434 g/mol. The summed E-state index contributed by atoms with van der Waals surface area (Å²) in [6.45, 7) is 3.27. The first-order valence-electron chi connectivity index (χ1n) is 11.9. The van der Waals surface area contributed by atoms with Gasteiger partial charge in [-0.25, -0.2) is 0 Å². The maximum Gasteiger partial charge on any atom is 0.245 e. The largest absolute Gasteiger partial charge is 0.504 e. The number of nitrogens with zero attached hydrogens (tertiary/aromatic N) is 2. The summed E-state index contributed by atoms with van der Waals surface area (Å²) in [6, 6.07) is 11.7.